The number of carbonyl (C=O) groups excluding carboxylic acids is 1. The van der Waals surface area contributed by atoms with Crippen LogP contribution in [0.4, 0.5) is 26.3 Å². The molecule has 0 saturated carbocycles. The Balaban J connectivity index is 0.00000400. The minimum atomic E-state index is -4.85. The van der Waals surface area contributed by atoms with Crippen LogP contribution < -0.4 is 0 Å². The van der Waals surface area contributed by atoms with Crippen molar-refractivity contribution in [1.29, 1.82) is 0 Å². The number of alkyl halides is 6. The van der Waals surface area contributed by atoms with E-state index < -0.39 is 40.7 Å². The van der Waals surface area contributed by atoms with Crippen molar-refractivity contribution >= 4 is 5.78 Å². The third-order valence-electron chi connectivity index (χ3n) is 6.44. The standard InChI is InChI=1S/C31H16F6N6O.Pt/c32-30(33,34)28-21(17-38-42(28)19-9-3-1-4-10-19)23-13-7-15-25(40-23)27(44)26-16-8-14-24(41-26)22-18-39-43(29(22)31(35,36)37)20-11-5-2-6-12-20;/h1-16H;/q-2;+2. The van der Waals surface area contributed by atoms with E-state index in [0.29, 0.717) is 9.36 Å². The van der Waals surface area contributed by atoms with Crippen LogP contribution in [0.5, 0.6) is 0 Å². The first-order valence-electron chi connectivity index (χ1n) is 12.8. The molecular formula is C31H16F6N6OPt. The number of halogens is 6. The topological polar surface area (TPSA) is 78.5 Å². The largest absolute Gasteiger partial charge is 2.00 e. The van der Waals surface area contributed by atoms with Crippen LogP contribution in [0.1, 0.15) is 27.6 Å². The normalized spacial score (nSPS) is 11.7. The van der Waals surface area contributed by atoms with Crippen LogP contribution >= 0.6 is 0 Å². The van der Waals surface area contributed by atoms with Gasteiger partial charge in [0, 0.05) is 11.4 Å². The molecule has 7 nitrogen and oxygen atoms in total. The maximum Gasteiger partial charge on any atom is 2.00 e. The van der Waals surface area contributed by atoms with Crippen LogP contribution in [0.3, 0.4) is 0 Å². The molecule has 0 saturated heterocycles. The Hall–Kier alpha value is -4.90. The number of carbonyl (C=O) groups is 1. The Bertz CT molecular complexity index is 1830. The van der Waals surface area contributed by atoms with Crippen LogP contribution in [0.25, 0.3) is 33.9 Å². The molecule has 45 heavy (non-hydrogen) atoms. The number of rotatable bonds is 6. The second-order valence-electron chi connectivity index (χ2n) is 9.31. The molecule has 0 aliphatic carbocycles. The number of hydrogen-bond donors (Lipinski definition) is 0. The molecule has 0 aliphatic rings. The molecule has 0 radical (unpaired) electrons. The summed E-state index contributed by atoms with van der Waals surface area (Å²) < 4.78 is 86.5. The Labute approximate surface area is 265 Å². The predicted octanol–water partition coefficient (Wildman–Crippen LogP) is 7.05. The number of hydrogen-bond acceptors (Lipinski definition) is 5. The number of para-hydroxylation sites is 2. The smallest absolute Gasteiger partial charge is 0.309 e. The zero-order chi connectivity index (χ0) is 31.1. The van der Waals surface area contributed by atoms with Crippen molar-refractivity contribution in [2.75, 3.05) is 0 Å². The molecule has 0 aliphatic heterocycles. The van der Waals surface area contributed by atoms with Crippen LogP contribution in [-0.2, 0) is 33.4 Å². The molecule has 0 amide bonds. The molecule has 4 heterocycles. The van der Waals surface area contributed by atoms with Crippen LogP contribution in [0.15, 0.2) is 97.1 Å². The molecule has 0 N–H and O–H groups in total. The number of pyridine rings is 2. The van der Waals surface area contributed by atoms with E-state index in [1.165, 1.54) is 60.7 Å². The SMILES string of the molecule is O=C(c1cccc(-c2[c-]nn(-c3ccccc3)c2C(F)(F)F)n1)c1cccc(-c2[c-]nn(-c3ccccc3)c2C(F)(F)F)n1.[Pt+2]. The number of nitrogens with zero attached hydrogens (tertiary/aromatic N) is 6. The average molecular weight is 798 g/mol. The minimum absolute atomic E-state index is 0. The second-order valence-corrected chi connectivity index (χ2v) is 9.31. The summed E-state index contributed by atoms with van der Waals surface area (Å²) in [7, 11) is 0. The van der Waals surface area contributed by atoms with Crippen molar-refractivity contribution < 1.29 is 52.2 Å². The predicted molar refractivity (Wildman–Crippen MR) is 145 cm³/mol. The summed E-state index contributed by atoms with van der Waals surface area (Å²) in [5.74, 6) is -0.832. The minimum Gasteiger partial charge on any atom is -0.309 e. The van der Waals surface area contributed by atoms with Gasteiger partial charge < -0.3 is 9.97 Å². The summed E-state index contributed by atoms with van der Waals surface area (Å²) in [6.45, 7) is 0. The number of aromatic nitrogens is 6. The third kappa shape index (κ3) is 6.21. The number of benzene rings is 2. The summed E-state index contributed by atoms with van der Waals surface area (Å²) in [5.41, 5.74) is -4.05. The first-order valence-corrected chi connectivity index (χ1v) is 12.8. The van der Waals surface area contributed by atoms with Crippen molar-refractivity contribution in [2.45, 2.75) is 12.4 Å². The molecule has 228 valence electrons. The van der Waals surface area contributed by atoms with E-state index in [1.807, 2.05) is 0 Å². The molecule has 4 aromatic heterocycles. The molecular weight excluding hydrogens is 781 g/mol. The fourth-order valence-corrected chi connectivity index (χ4v) is 4.54. The summed E-state index contributed by atoms with van der Waals surface area (Å²) in [5, 5.41) is 7.58. The van der Waals surface area contributed by atoms with E-state index in [4.69, 9.17) is 0 Å². The van der Waals surface area contributed by atoms with E-state index in [2.05, 4.69) is 32.6 Å². The molecule has 6 rings (SSSR count). The Morgan fingerprint density at radius 1 is 0.556 bits per heavy atom. The average Bonchev–Trinajstić information content (AvgIpc) is 3.68. The van der Waals surface area contributed by atoms with Gasteiger partial charge in [-0.25, -0.2) is 0 Å². The van der Waals surface area contributed by atoms with Gasteiger partial charge in [0.05, 0.1) is 22.8 Å². The van der Waals surface area contributed by atoms with Gasteiger partial charge in [-0.1, -0.05) is 60.7 Å². The van der Waals surface area contributed by atoms with E-state index in [9.17, 15) is 31.1 Å². The van der Waals surface area contributed by atoms with Gasteiger partial charge in [0.25, 0.3) is 0 Å². The Morgan fingerprint density at radius 3 is 1.29 bits per heavy atom. The van der Waals surface area contributed by atoms with Crippen molar-refractivity contribution in [3.05, 3.63) is 132 Å². The molecule has 0 fully saturated rings. The zero-order valence-corrected chi connectivity index (χ0v) is 24.7. The molecule has 14 heteroatoms. The van der Waals surface area contributed by atoms with E-state index in [1.54, 1.807) is 36.4 Å². The molecule has 2 aromatic carbocycles. The second kappa shape index (κ2) is 12.2. The Morgan fingerprint density at radius 2 is 0.933 bits per heavy atom. The van der Waals surface area contributed by atoms with Gasteiger partial charge >= 0.3 is 33.4 Å². The first-order chi connectivity index (χ1) is 21.0. The molecule has 0 spiro atoms. The fourth-order valence-electron chi connectivity index (χ4n) is 4.54. The van der Waals surface area contributed by atoms with Crippen LogP contribution in [-0.4, -0.2) is 35.3 Å². The van der Waals surface area contributed by atoms with Crippen molar-refractivity contribution in [3.8, 4) is 33.9 Å². The van der Waals surface area contributed by atoms with Gasteiger partial charge in [-0.3, -0.25) is 24.4 Å². The Kier molecular flexibility index (Phi) is 8.57. The van der Waals surface area contributed by atoms with E-state index in [0.717, 1.165) is 0 Å². The molecule has 0 bridgehead atoms. The zero-order valence-electron chi connectivity index (χ0n) is 22.4. The molecule has 0 atom stereocenters. The van der Waals surface area contributed by atoms with Gasteiger partial charge in [-0.15, -0.1) is 11.1 Å². The van der Waals surface area contributed by atoms with Gasteiger partial charge in [0.2, 0.25) is 5.78 Å². The van der Waals surface area contributed by atoms with E-state index >= 15 is 0 Å². The monoisotopic (exact) mass is 797 g/mol. The van der Waals surface area contributed by atoms with Crippen molar-refractivity contribution in [2.24, 2.45) is 0 Å². The van der Waals surface area contributed by atoms with Crippen molar-refractivity contribution in [3.63, 3.8) is 0 Å². The maximum absolute atomic E-state index is 14.2. The third-order valence-corrected chi connectivity index (χ3v) is 6.44. The van der Waals surface area contributed by atoms with Crippen LogP contribution in [0.2, 0.25) is 0 Å². The fraction of sp³-hybridized carbons (Fsp3) is 0.0645. The van der Waals surface area contributed by atoms with Gasteiger partial charge in [0.1, 0.15) is 0 Å². The quantitative estimate of drug-likeness (QED) is 0.103. The van der Waals surface area contributed by atoms with Gasteiger partial charge in [0.15, 0.2) is 0 Å². The summed E-state index contributed by atoms with van der Waals surface area (Å²) >= 11 is 0. The molecule has 6 aromatic rings. The van der Waals surface area contributed by atoms with Crippen molar-refractivity contribution in [1.82, 2.24) is 29.5 Å². The summed E-state index contributed by atoms with van der Waals surface area (Å²) in [4.78, 5) is 21.6. The van der Waals surface area contributed by atoms with Crippen LogP contribution in [0, 0.1) is 12.4 Å². The first kappa shape index (κ1) is 31.5. The summed E-state index contributed by atoms with van der Waals surface area (Å²) in [6.07, 6.45) is -5.01. The summed E-state index contributed by atoms with van der Waals surface area (Å²) in [6, 6.07) is 23.0. The molecule has 0 unspecified atom stereocenters. The van der Waals surface area contributed by atoms with E-state index in [-0.39, 0.29) is 55.2 Å². The maximum atomic E-state index is 14.2. The van der Waals surface area contributed by atoms with Gasteiger partial charge in [-0.05, 0) is 60.2 Å². The number of ketones is 1. The van der Waals surface area contributed by atoms with Gasteiger partial charge in [-0.2, -0.15) is 26.3 Å².